The monoisotopic (exact) mass is 298 g/mol. The first kappa shape index (κ1) is 13.7. The van der Waals surface area contributed by atoms with Crippen LogP contribution in [-0.2, 0) is 0 Å². The van der Waals surface area contributed by atoms with Gasteiger partial charge in [-0.1, -0.05) is 23.9 Å². The summed E-state index contributed by atoms with van der Waals surface area (Å²) in [5, 5.41) is 5.63. The number of carbonyl (C=O) groups is 2. The summed E-state index contributed by atoms with van der Waals surface area (Å²) >= 11 is 1.53. The van der Waals surface area contributed by atoms with E-state index in [1.807, 2.05) is 31.2 Å². The number of fused-ring (bicyclic) bond motifs is 2. The number of nitrogens with one attached hydrogen (secondary N) is 2. The summed E-state index contributed by atoms with van der Waals surface area (Å²) < 4.78 is 0. The number of benzene rings is 2. The van der Waals surface area contributed by atoms with E-state index in [0.717, 1.165) is 9.79 Å². The van der Waals surface area contributed by atoms with Crippen LogP contribution in [0.4, 0.5) is 5.69 Å². The third-order valence-electron chi connectivity index (χ3n) is 3.18. The SMILES string of the molecule is CCNC(=O)c1ccc2c(c1)NC(=O)c1ccccc1S2. The van der Waals surface area contributed by atoms with E-state index in [0.29, 0.717) is 23.4 Å². The van der Waals surface area contributed by atoms with Gasteiger partial charge in [0.25, 0.3) is 11.8 Å². The predicted octanol–water partition coefficient (Wildman–Crippen LogP) is 3.15. The first-order valence-corrected chi connectivity index (χ1v) is 7.51. The van der Waals surface area contributed by atoms with Gasteiger partial charge in [-0.15, -0.1) is 0 Å². The quantitative estimate of drug-likeness (QED) is 0.895. The Labute approximate surface area is 126 Å². The molecule has 2 amide bonds. The van der Waals surface area contributed by atoms with Gasteiger partial charge >= 0.3 is 0 Å². The third-order valence-corrected chi connectivity index (χ3v) is 4.33. The van der Waals surface area contributed by atoms with E-state index in [2.05, 4.69) is 10.6 Å². The van der Waals surface area contributed by atoms with Crippen LogP contribution in [0.1, 0.15) is 27.6 Å². The summed E-state index contributed by atoms with van der Waals surface area (Å²) in [5.41, 5.74) is 1.87. The van der Waals surface area contributed by atoms with Gasteiger partial charge in [-0.2, -0.15) is 0 Å². The highest BCUT2D eigenvalue weighted by Crippen LogP contribution is 2.38. The number of hydrogen-bond donors (Lipinski definition) is 2. The van der Waals surface area contributed by atoms with Gasteiger partial charge in [0.05, 0.1) is 11.3 Å². The van der Waals surface area contributed by atoms with Crippen LogP contribution in [0, 0.1) is 0 Å². The third kappa shape index (κ3) is 2.64. The molecule has 2 N–H and O–H groups in total. The van der Waals surface area contributed by atoms with Crippen molar-refractivity contribution in [2.75, 3.05) is 11.9 Å². The van der Waals surface area contributed by atoms with E-state index in [4.69, 9.17) is 0 Å². The van der Waals surface area contributed by atoms with Crippen molar-refractivity contribution in [3.8, 4) is 0 Å². The summed E-state index contributed by atoms with van der Waals surface area (Å²) in [6.45, 7) is 2.44. The Kier molecular flexibility index (Phi) is 3.66. The molecule has 0 bridgehead atoms. The molecule has 0 fully saturated rings. The average molecular weight is 298 g/mol. The van der Waals surface area contributed by atoms with Crippen molar-refractivity contribution >= 4 is 29.3 Å². The molecule has 106 valence electrons. The predicted molar refractivity (Wildman–Crippen MR) is 83.0 cm³/mol. The fraction of sp³-hybridized carbons (Fsp3) is 0.125. The molecule has 1 aliphatic rings. The summed E-state index contributed by atoms with van der Waals surface area (Å²) in [6.07, 6.45) is 0. The molecule has 3 rings (SSSR count). The van der Waals surface area contributed by atoms with Crippen molar-refractivity contribution in [1.82, 2.24) is 5.32 Å². The van der Waals surface area contributed by atoms with Crippen LogP contribution in [0.5, 0.6) is 0 Å². The number of anilines is 1. The molecule has 2 aromatic carbocycles. The van der Waals surface area contributed by atoms with Gasteiger partial charge in [0.2, 0.25) is 0 Å². The van der Waals surface area contributed by atoms with Crippen molar-refractivity contribution in [2.24, 2.45) is 0 Å². The number of rotatable bonds is 2. The lowest BCUT2D eigenvalue weighted by Gasteiger charge is -2.08. The maximum absolute atomic E-state index is 12.3. The van der Waals surface area contributed by atoms with Crippen LogP contribution in [0.3, 0.4) is 0 Å². The Hall–Kier alpha value is -2.27. The van der Waals surface area contributed by atoms with Crippen LogP contribution in [-0.4, -0.2) is 18.4 Å². The fourth-order valence-corrected chi connectivity index (χ4v) is 3.18. The zero-order valence-electron chi connectivity index (χ0n) is 11.5. The largest absolute Gasteiger partial charge is 0.352 e. The molecule has 4 nitrogen and oxygen atoms in total. The highest BCUT2D eigenvalue weighted by Gasteiger charge is 2.20. The van der Waals surface area contributed by atoms with Crippen LogP contribution < -0.4 is 10.6 Å². The molecule has 0 radical (unpaired) electrons. The molecule has 0 spiro atoms. The van der Waals surface area contributed by atoms with E-state index < -0.39 is 0 Å². The lowest BCUT2D eigenvalue weighted by molar-refractivity contribution is 0.0954. The van der Waals surface area contributed by atoms with E-state index in [1.54, 1.807) is 18.2 Å². The second-order valence-electron chi connectivity index (χ2n) is 4.62. The van der Waals surface area contributed by atoms with Crippen molar-refractivity contribution in [3.05, 3.63) is 53.6 Å². The molecular formula is C16H14N2O2S. The Morgan fingerprint density at radius 2 is 2.00 bits per heavy atom. The highest BCUT2D eigenvalue weighted by molar-refractivity contribution is 7.99. The Balaban J connectivity index is 2.00. The van der Waals surface area contributed by atoms with Crippen molar-refractivity contribution in [2.45, 2.75) is 16.7 Å². The van der Waals surface area contributed by atoms with Crippen molar-refractivity contribution < 1.29 is 9.59 Å². The maximum atomic E-state index is 12.3. The molecule has 0 saturated carbocycles. The van der Waals surface area contributed by atoms with Crippen molar-refractivity contribution in [1.29, 1.82) is 0 Å². The van der Waals surface area contributed by atoms with Crippen LogP contribution >= 0.6 is 11.8 Å². The number of hydrogen-bond acceptors (Lipinski definition) is 3. The summed E-state index contributed by atoms with van der Waals surface area (Å²) in [6, 6.07) is 12.8. The number of carbonyl (C=O) groups excluding carboxylic acids is 2. The van der Waals surface area contributed by atoms with Gasteiger partial charge < -0.3 is 10.6 Å². The summed E-state index contributed by atoms with van der Waals surface area (Å²) in [7, 11) is 0. The molecule has 2 aromatic rings. The molecular weight excluding hydrogens is 284 g/mol. The topological polar surface area (TPSA) is 58.2 Å². The molecule has 1 aliphatic heterocycles. The van der Waals surface area contributed by atoms with Gasteiger partial charge in [0, 0.05) is 21.9 Å². The fourth-order valence-electron chi connectivity index (χ4n) is 2.17. The molecule has 0 aromatic heterocycles. The number of amides is 2. The van der Waals surface area contributed by atoms with Gasteiger partial charge in [-0.3, -0.25) is 9.59 Å². The molecule has 0 unspecified atom stereocenters. The highest BCUT2D eigenvalue weighted by atomic mass is 32.2. The second-order valence-corrected chi connectivity index (χ2v) is 5.71. The molecule has 0 saturated heterocycles. The van der Waals surface area contributed by atoms with Crippen LogP contribution in [0.2, 0.25) is 0 Å². The van der Waals surface area contributed by atoms with E-state index >= 15 is 0 Å². The van der Waals surface area contributed by atoms with Gasteiger partial charge in [0.15, 0.2) is 0 Å². The maximum Gasteiger partial charge on any atom is 0.256 e. The Morgan fingerprint density at radius 1 is 1.19 bits per heavy atom. The van der Waals surface area contributed by atoms with Gasteiger partial charge in [0.1, 0.15) is 0 Å². The minimum atomic E-state index is -0.148. The van der Waals surface area contributed by atoms with Crippen molar-refractivity contribution in [3.63, 3.8) is 0 Å². The second kappa shape index (κ2) is 5.61. The lowest BCUT2D eigenvalue weighted by Crippen LogP contribution is -2.22. The van der Waals surface area contributed by atoms with E-state index in [9.17, 15) is 9.59 Å². The van der Waals surface area contributed by atoms with Crippen LogP contribution in [0.15, 0.2) is 52.3 Å². The molecule has 5 heteroatoms. The molecule has 21 heavy (non-hydrogen) atoms. The minimum Gasteiger partial charge on any atom is -0.352 e. The molecule has 0 aliphatic carbocycles. The Morgan fingerprint density at radius 3 is 2.81 bits per heavy atom. The average Bonchev–Trinajstić information content (AvgIpc) is 2.63. The normalized spacial score (nSPS) is 12.7. The van der Waals surface area contributed by atoms with Gasteiger partial charge in [-0.25, -0.2) is 0 Å². The first-order valence-electron chi connectivity index (χ1n) is 6.69. The smallest absolute Gasteiger partial charge is 0.256 e. The standard InChI is InChI=1S/C16H14N2O2S/c1-2-17-15(19)10-7-8-14-12(9-10)18-16(20)11-5-3-4-6-13(11)21-14/h3-9H,2H2,1H3,(H,17,19)(H,18,20). The van der Waals surface area contributed by atoms with E-state index in [-0.39, 0.29) is 11.8 Å². The Bertz CT molecular complexity index is 728. The van der Waals surface area contributed by atoms with E-state index in [1.165, 1.54) is 11.8 Å². The summed E-state index contributed by atoms with van der Waals surface area (Å²) in [5.74, 6) is -0.286. The molecule has 0 atom stereocenters. The molecule has 1 heterocycles. The zero-order valence-corrected chi connectivity index (χ0v) is 12.3. The minimum absolute atomic E-state index is 0.138. The lowest BCUT2D eigenvalue weighted by atomic mass is 10.1. The summed E-state index contributed by atoms with van der Waals surface area (Å²) in [4.78, 5) is 26.0. The van der Waals surface area contributed by atoms with Gasteiger partial charge in [-0.05, 0) is 37.3 Å². The zero-order chi connectivity index (χ0) is 14.8. The first-order chi connectivity index (χ1) is 10.2. The van der Waals surface area contributed by atoms with Crippen LogP contribution in [0.25, 0.3) is 0 Å².